The maximum Gasteiger partial charge on any atom is 0.251 e. The fraction of sp³-hybridized carbons (Fsp3) is 0.500. The third kappa shape index (κ3) is 4.87. The van der Waals surface area contributed by atoms with E-state index in [0.717, 1.165) is 50.7 Å². The molecule has 0 radical (unpaired) electrons. The Morgan fingerprint density at radius 2 is 2.04 bits per heavy atom. The normalized spacial score (nSPS) is 16.6. The van der Waals surface area contributed by atoms with Crippen LogP contribution in [0.15, 0.2) is 24.3 Å². The molecule has 1 aromatic heterocycles. The van der Waals surface area contributed by atoms with E-state index in [0.29, 0.717) is 11.4 Å². The smallest absolute Gasteiger partial charge is 0.251 e. The van der Waals surface area contributed by atoms with Crippen molar-refractivity contribution in [3.05, 3.63) is 35.7 Å². The Bertz CT molecular complexity index is 692. The molecule has 0 bridgehead atoms. The van der Waals surface area contributed by atoms with Crippen LogP contribution in [-0.4, -0.2) is 64.9 Å². The number of nitrogens with one attached hydrogen (secondary N) is 2. The molecule has 2 N–H and O–H groups in total. The summed E-state index contributed by atoms with van der Waals surface area (Å²) in [5.41, 5.74) is 1.54. The average Bonchev–Trinajstić information content (AvgIpc) is 3.07. The number of aromatic nitrogens is 3. The van der Waals surface area contributed by atoms with Crippen molar-refractivity contribution in [3.63, 3.8) is 0 Å². The molecule has 0 saturated carbocycles. The van der Waals surface area contributed by atoms with Gasteiger partial charge in [0.1, 0.15) is 5.82 Å². The van der Waals surface area contributed by atoms with Gasteiger partial charge in [-0.25, -0.2) is 4.98 Å². The molecule has 2 aromatic rings. The fourth-order valence-corrected chi connectivity index (χ4v) is 2.82. The number of amides is 1. The lowest BCUT2D eigenvalue weighted by Gasteiger charge is -2.27. The second-order valence-corrected chi connectivity index (χ2v) is 6.44. The standard InChI is InChI=1S/C18H25N5O2/c1-13(7-8-23-9-11-25-12-10-23)19-18(24)16-5-3-15(4-6-16)17-20-14(2)21-22-17/h3-6,13H,7-12H2,1-2H3,(H,19,24)(H,20,21,22)/t13-/m1/s1. The molecule has 25 heavy (non-hydrogen) atoms. The van der Waals surface area contributed by atoms with E-state index in [1.807, 2.05) is 38.1 Å². The summed E-state index contributed by atoms with van der Waals surface area (Å²) in [6.45, 7) is 8.44. The van der Waals surface area contributed by atoms with Crippen molar-refractivity contribution < 1.29 is 9.53 Å². The Balaban J connectivity index is 1.50. The third-order valence-electron chi connectivity index (χ3n) is 4.36. The van der Waals surface area contributed by atoms with Crippen molar-refractivity contribution in [1.82, 2.24) is 25.4 Å². The summed E-state index contributed by atoms with van der Waals surface area (Å²) in [7, 11) is 0. The molecule has 7 nitrogen and oxygen atoms in total. The maximum atomic E-state index is 12.4. The Morgan fingerprint density at radius 3 is 2.68 bits per heavy atom. The zero-order valence-corrected chi connectivity index (χ0v) is 14.8. The Morgan fingerprint density at radius 1 is 1.32 bits per heavy atom. The lowest BCUT2D eigenvalue weighted by molar-refractivity contribution is 0.0363. The van der Waals surface area contributed by atoms with E-state index in [1.165, 1.54) is 0 Å². The van der Waals surface area contributed by atoms with E-state index in [1.54, 1.807) is 0 Å². The van der Waals surface area contributed by atoms with Gasteiger partial charge in [-0.3, -0.25) is 14.8 Å². The van der Waals surface area contributed by atoms with Crippen LogP contribution in [0.25, 0.3) is 11.4 Å². The number of H-pyrrole nitrogens is 1. The van der Waals surface area contributed by atoms with Crippen LogP contribution < -0.4 is 5.32 Å². The number of carbonyl (C=O) groups is 1. The number of hydrogen-bond acceptors (Lipinski definition) is 5. The Kier molecular flexibility index (Phi) is 5.78. The summed E-state index contributed by atoms with van der Waals surface area (Å²) in [4.78, 5) is 19.0. The average molecular weight is 343 g/mol. The van der Waals surface area contributed by atoms with Crippen molar-refractivity contribution in [1.29, 1.82) is 0 Å². The van der Waals surface area contributed by atoms with Gasteiger partial charge in [-0.1, -0.05) is 12.1 Å². The van der Waals surface area contributed by atoms with Gasteiger partial charge in [-0.15, -0.1) is 0 Å². The number of rotatable bonds is 6. The molecular weight excluding hydrogens is 318 g/mol. The first-order valence-corrected chi connectivity index (χ1v) is 8.72. The quantitative estimate of drug-likeness (QED) is 0.833. The van der Waals surface area contributed by atoms with Gasteiger partial charge >= 0.3 is 0 Å². The van der Waals surface area contributed by atoms with Crippen LogP contribution in [0, 0.1) is 6.92 Å². The molecule has 1 amide bonds. The van der Waals surface area contributed by atoms with Gasteiger partial charge in [0.05, 0.1) is 13.2 Å². The minimum atomic E-state index is -0.0489. The number of aryl methyl sites for hydroxylation is 1. The SMILES string of the molecule is Cc1nc(-c2ccc(C(=O)N[C@H](C)CCN3CCOCC3)cc2)n[nH]1. The van der Waals surface area contributed by atoms with Crippen molar-refractivity contribution in [2.24, 2.45) is 0 Å². The highest BCUT2D eigenvalue weighted by atomic mass is 16.5. The molecule has 1 atom stereocenters. The van der Waals surface area contributed by atoms with Gasteiger partial charge in [-0.2, -0.15) is 5.10 Å². The lowest BCUT2D eigenvalue weighted by atomic mass is 10.1. The molecule has 1 aliphatic heterocycles. The van der Waals surface area contributed by atoms with Crippen molar-refractivity contribution in [2.45, 2.75) is 26.3 Å². The summed E-state index contributed by atoms with van der Waals surface area (Å²) in [5.74, 6) is 1.36. The molecule has 1 aromatic carbocycles. The Labute approximate surface area is 147 Å². The molecule has 0 unspecified atom stereocenters. The van der Waals surface area contributed by atoms with E-state index < -0.39 is 0 Å². The number of hydrogen-bond donors (Lipinski definition) is 2. The maximum absolute atomic E-state index is 12.4. The Hall–Kier alpha value is -2.25. The molecule has 1 saturated heterocycles. The molecule has 2 heterocycles. The van der Waals surface area contributed by atoms with Gasteiger partial charge < -0.3 is 10.1 Å². The summed E-state index contributed by atoms with van der Waals surface area (Å²) in [6, 6.07) is 7.49. The van der Waals surface area contributed by atoms with E-state index >= 15 is 0 Å². The topological polar surface area (TPSA) is 83.1 Å². The van der Waals surface area contributed by atoms with E-state index in [2.05, 4.69) is 25.4 Å². The highest BCUT2D eigenvalue weighted by Gasteiger charge is 2.14. The number of ether oxygens (including phenoxy) is 1. The van der Waals surface area contributed by atoms with Gasteiger partial charge in [0.25, 0.3) is 5.91 Å². The highest BCUT2D eigenvalue weighted by Crippen LogP contribution is 2.15. The van der Waals surface area contributed by atoms with Gasteiger partial charge in [-0.05, 0) is 32.4 Å². The largest absolute Gasteiger partial charge is 0.379 e. The van der Waals surface area contributed by atoms with Crippen molar-refractivity contribution in [3.8, 4) is 11.4 Å². The van der Waals surface area contributed by atoms with Crippen LogP contribution in [0.4, 0.5) is 0 Å². The molecule has 7 heteroatoms. The summed E-state index contributed by atoms with van der Waals surface area (Å²) < 4.78 is 5.35. The van der Waals surface area contributed by atoms with Crippen molar-refractivity contribution >= 4 is 5.91 Å². The van der Waals surface area contributed by atoms with Crippen molar-refractivity contribution in [2.75, 3.05) is 32.8 Å². The number of morpholine rings is 1. The van der Waals surface area contributed by atoms with E-state index in [4.69, 9.17) is 4.74 Å². The van der Waals surface area contributed by atoms with E-state index in [-0.39, 0.29) is 11.9 Å². The van der Waals surface area contributed by atoms with Crippen LogP contribution in [0.3, 0.4) is 0 Å². The summed E-state index contributed by atoms with van der Waals surface area (Å²) in [6.07, 6.45) is 0.931. The monoisotopic (exact) mass is 343 g/mol. The van der Waals surface area contributed by atoms with Gasteiger partial charge in [0.15, 0.2) is 5.82 Å². The lowest BCUT2D eigenvalue weighted by Crippen LogP contribution is -2.40. The minimum absolute atomic E-state index is 0.0489. The van der Waals surface area contributed by atoms with Gasteiger partial charge in [0, 0.05) is 36.8 Å². The third-order valence-corrected chi connectivity index (χ3v) is 4.36. The zero-order valence-electron chi connectivity index (χ0n) is 14.8. The molecule has 0 aliphatic carbocycles. The van der Waals surface area contributed by atoms with Crippen LogP contribution in [-0.2, 0) is 4.74 Å². The second-order valence-electron chi connectivity index (χ2n) is 6.44. The van der Waals surface area contributed by atoms with Crippen LogP contribution >= 0.6 is 0 Å². The van der Waals surface area contributed by atoms with Crippen LogP contribution in [0.2, 0.25) is 0 Å². The van der Waals surface area contributed by atoms with Crippen LogP contribution in [0.1, 0.15) is 29.5 Å². The first kappa shape index (κ1) is 17.6. The van der Waals surface area contributed by atoms with Gasteiger partial charge in [0.2, 0.25) is 0 Å². The summed E-state index contributed by atoms with van der Waals surface area (Å²) >= 11 is 0. The zero-order chi connectivity index (χ0) is 17.6. The molecule has 3 rings (SSSR count). The molecule has 0 spiro atoms. The minimum Gasteiger partial charge on any atom is -0.379 e. The second kappa shape index (κ2) is 8.22. The number of carbonyl (C=O) groups excluding carboxylic acids is 1. The number of benzene rings is 1. The number of aromatic amines is 1. The highest BCUT2D eigenvalue weighted by molar-refractivity contribution is 5.94. The predicted molar refractivity (Wildman–Crippen MR) is 95.4 cm³/mol. The predicted octanol–water partition coefficient (Wildman–Crippen LogP) is 1.62. The first-order chi connectivity index (χ1) is 12.1. The molecule has 134 valence electrons. The fourth-order valence-electron chi connectivity index (χ4n) is 2.82. The molecule has 1 fully saturated rings. The molecular formula is C18H25N5O2. The first-order valence-electron chi connectivity index (χ1n) is 8.72. The van der Waals surface area contributed by atoms with E-state index in [9.17, 15) is 4.79 Å². The number of nitrogens with zero attached hydrogens (tertiary/aromatic N) is 3. The summed E-state index contributed by atoms with van der Waals surface area (Å²) in [5, 5.41) is 10.0. The van der Waals surface area contributed by atoms with Crippen LogP contribution in [0.5, 0.6) is 0 Å². The molecule has 1 aliphatic rings.